The maximum absolute atomic E-state index is 12.1. The van der Waals surface area contributed by atoms with Crippen LogP contribution < -0.4 is 14.8 Å². The van der Waals surface area contributed by atoms with E-state index in [9.17, 15) is 4.79 Å². The van der Waals surface area contributed by atoms with E-state index in [1.807, 2.05) is 43.3 Å². The van der Waals surface area contributed by atoms with Gasteiger partial charge in [0.2, 0.25) is 5.91 Å². The molecule has 1 heterocycles. The van der Waals surface area contributed by atoms with Crippen molar-refractivity contribution in [3.05, 3.63) is 71.2 Å². The number of rotatable bonds is 7. The van der Waals surface area contributed by atoms with Crippen LogP contribution in [0, 0.1) is 0 Å². The Balaban J connectivity index is 1.68. The molecule has 26 heavy (non-hydrogen) atoms. The third-order valence-corrected chi connectivity index (χ3v) is 4.10. The summed E-state index contributed by atoms with van der Waals surface area (Å²) in [4.78, 5) is 17.0. The average Bonchev–Trinajstić information content (AvgIpc) is 3.17. The standard InChI is InChI=1S/C20H18N2O3S/c1-2-24-15-7-9-16(10-8-15)25-19-6-4-3-5-18(19)22-20(23)12-11-17-13-21-14-26-17/h3-14H,2H2,1H3,(H,22,23)/b12-11+. The number of benzene rings is 2. The number of nitrogens with one attached hydrogen (secondary N) is 1. The first-order valence-electron chi connectivity index (χ1n) is 8.12. The molecule has 0 radical (unpaired) electrons. The van der Waals surface area contributed by atoms with E-state index in [0.29, 0.717) is 23.8 Å². The van der Waals surface area contributed by atoms with Crippen LogP contribution in [0.25, 0.3) is 6.08 Å². The number of hydrogen-bond donors (Lipinski definition) is 1. The average molecular weight is 366 g/mol. The minimum Gasteiger partial charge on any atom is -0.494 e. The van der Waals surface area contributed by atoms with Gasteiger partial charge in [-0.05, 0) is 49.4 Å². The molecule has 1 aromatic heterocycles. The summed E-state index contributed by atoms with van der Waals surface area (Å²) in [6.07, 6.45) is 4.90. The molecular weight excluding hydrogens is 348 g/mol. The van der Waals surface area contributed by atoms with Crippen LogP contribution in [-0.4, -0.2) is 17.5 Å². The number of nitrogens with zero attached hydrogens (tertiary/aromatic N) is 1. The third kappa shape index (κ3) is 4.94. The molecule has 0 atom stereocenters. The molecule has 0 unspecified atom stereocenters. The lowest BCUT2D eigenvalue weighted by atomic mass is 10.2. The van der Waals surface area contributed by atoms with Crippen LogP contribution >= 0.6 is 11.3 Å². The van der Waals surface area contributed by atoms with Crippen LogP contribution in [0.3, 0.4) is 0 Å². The van der Waals surface area contributed by atoms with E-state index in [1.54, 1.807) is 29.9 Å². The Morgan fingerprint density at radius 1 is 1.15 bits per heavy atom. The van der Waals surface area contributed by atoms with Gasteiger partial charge in [-0.2, -0.15) is 0 Å². The number of carbonyl (C=O) groups is 1. The molecule has 132 valence electrons. The van der Waals surface area contributed by atoms with E-state index >= 15 is 0 Å². The lowest BCUT2D eigenvalue weighted by Gasteiger charge is -2.12. The van der Waals surface area contributed by atoms with Crippen molar-refractivity contribution in [3.63, 3.8) is 0 Å². The van der Waals surface area contributed by atoms with Gasteiger partial charge in [0.15, 0.2) is 5.75 Å². The number of hydrogen-bond acceptors (Lipinski definition) is 5. The van der Waals surface area contributed by atoms with Gasteiger partial charge in [-0.15, -0.1) is 11.3 Å². The Morgan fingerprint density at radius 3 is 2.65 bits per heavy atom. The lowest BCUT2D eigenvalue weighted by Crippen LogP contribution is -2.08. The predicted molar refractivity (Wildman–Crippen MR) is 104 cm³/mol. The maximum Gasteiger partial charge on any atom is 0.248 e. The van der Waals surface area contributed by atoms with Crippen LogP contribution in [0.1, 0.15) is 11.8 Å². The smallest absolute Gasteiger partial charge is 0.248 e. The fourth-order valence-corrected chi connectivity index (χ4v) is 2.71. The Morgan fingerprint density at radius 2 is 1.92 bits per heavy atom. The van der Waals surface area contributed by atoms with Gasteiger partial charge in [0.25, 0.3) is 0 Å². The molecule has 5 nitrogen and oxygen atoms in total. The quantitative estimate of drug-likeness (QED) is 0.599. The zero-order valence-electron chi connectivity index (χ0n) is 14.2. The number of amides is 1. The summed E-state index contributed by atoms with van der Waals surface area (Å²) in [7, 11) is 0. The summed E-state index contributed by atoms with van der Waals surface area (Å²) in [5, 5.41) is 2.83. The Kier molecular flexibility index (Phi) is 6.01. The van der Waals surface area contributed by atoms with Crippen LogP contribution in [0.5, 0.6) is 17.2 Å². The highest BCUT2D eigenvalue weighted by atomic mass is 32.1. The van der Waals surface area contributed by atoms with Crippen molar-refractivity contribution in [2.75, 3.05) is 11.9 Å². The highest BCUT2D eigenvalue weighted by Crippen LogP contribution is 2.30. The van der Waals surface area contributed by atoms with Crippen molar-refractivity contribution >= 4 is 29.0 Å². The minimum absolute atomic E-state index is 0.235. The summed E-state index contributed by atoms with van der Waals surface area (Å²) in [6.45, 7) is 2.55. The second-order valence-electron chi connectivity index (χ2n) is 5.23. The summed E-state index contributed by atoms with van der Waals surface area (Å²) < 4.78 is 11.3. The zero-order chi connectivity index (χ0) is 18.2. The molecule has 0 saturated carbocycles. The van der Waals surface area contributed by atoms with Gasteiger partial charge >= 0.3 is 0 Å². The zero-order valence-corrected chi connectivity index (χ0v) is 15.0. The molecule has 0 aliphatic heterocycles. The second kappa shape index (κ2) is 8.82. The van der Waals surface area contributed by atoms with Crippen LogP contribution in [0.4, 0.5) is 5.69 Å². The normalized spacial score (nSPS) is 10.7. The van der Waals surface area contributed by atoms with Crippen LogP contribution in [-0.2, 0) is 4.79 Å². The largest absolute Gasteiger partial charge is 0.494 e. The topological polar surface area (TPSA) is 60.5 Å². The summed E-state index contributed by atoms with van der Waals surface area (Å²) in [5.74, 6) is 1.78. The Labute approximate surface area is 155 Å². The second-order valence-corrected chi connectivity index (χ2v) is 6.15. The van der Waals surface area contributed by atoms with Gasteiger partial charge in [-0.1, -0.05) is 12.1 Å². The van der Waals surface area contributed by atoms with Crippen LogP contribution in [0.15, 0.2) is 66.3 Å². The molecule has 6 heteroatoms. The monoisotopic (exact) mass is 366 g/mol. The van der Waals surface area contributed by atoms with Crippen molar-refractivity contribution in [2.45, 2.75) is 6.92 Å². The van der Waals surface area contributed by atoms with Gasteiger partial charge < -0.3 is 14.8 Å². The Hall–Kier alpha value is -3.12. The fourth-order valence-electron chi connectivity index (χ4n) is 2.20. The van der Waals surface area contributed by atoms with E-state index in [1.165, 1.54) is 17.4 Å². The minimum atomic E-state index is -0.235. The molecule has 1 amide bonds. The number of thiazole rings is 1. The highest BCUT2D eigenvalue weighted by molar-refractivity contribution is 7.10. The van der Waals surface area contributed by atoms with E-state index in [2.05, 4.69) is 10.3 Å². The number of carbonyl (C=O) groups excluding carboxylic acids is 1. The third-order valence-electron chi connectivity index (χ3n) is 3.36. The number of anilines is 1. The molecule has 0 aliphatic rings. The molecule has 3 rings (SSSR count). The molecule has 0 fully saturated rings. The van der Waals surface area contributed by atoms with E-state index in [4.69, 9.17) is 9.47 Å². The molecule has 0 bridgehead atoms. The van der Waals surface area contributed by atoms with Crippen molar-refractivity contribution < 1.29 is 14.3 Å². The van der Waals surface area contributed by atoms with Crippen molar-refractivity contribution in [2.24, 2.45) is 0 Å². The van der Waals surface area contributed by atoms with Crippen molar-refractivity contribution in [3.8, 4) is 17.2 Å². The first-order valence-corrected chi connectivity index (χ1v) is 9.00. The molecule has 0 saturated heterocycles. The highest BCUT2D eigenvalue weighted by Gasteiger charge is 2.07. The van der Waals surface area contributed by atoms with Crippen molar-refractivity contribution in [1.82, 2.24) is 4.98 Å². The summed E-state index contributed by atoms with van der Waals surface area (Å²) in [6, 6.07) is 14.6. The number of ether oxygens (including phenoxy) is 2. The van der Waals surface area contributed by atoms with Gasteiger partial charge in [0, 0.05) is 17.2 Å². The molecule has 2 aromatic carbocycles. The lowest BCUT2D eigenvalue weighted by molar-refractivity contribution is -0.111. The van der Waals surface area contributed by atoms with Crippen LogP contribution in [0.2, 0.25) is 0 Å². The molecule has 0 aliphatic carbocycles. The summed E-state index contributed by atoms with van der Waals surface area (Å²) in [5.41, 5.74) is 2.32. The van der Waals surface area contributed by atoms with Gasteiger partial charge in [0.05, 0.1) is 17.8 Å². The number of aromatic nitrogens is 1. The number of para-hydroxylation sites is 2. The predicted octanol–water partition coefficient (Wildman–Crippen LogP) is 4.99. The van der Waals surface area contributed by atoms with E-state index < -0.39 is 0 Å². The first kappa shape index (κ1) is 17.7. The molecule has 1 N–H and O–H groups in total. The maximum atomic E-state index is 12.1. The van der Waals surface area contributed by atoms with E-state index in [-0.39, 0.29) is 5.91 Å². The molecular formula is C20H18N2O3S. The van der Waals surface area contributed by atoms with Crippen molar-refractivity contribution in [1.29, 1.82) is 0 Å². The first-order chi connectivity index (χ1) is 12.7. The van der Waals surface area contributed by atoms with Gasteiger partial charge in [0.1, 0.15) is 11.5 Å². The van der Waals surface area contributed by atoms with Gasteiger partial charge in [-0.25, -0.2) is 0 Å². The van der Waals surface area contributed by atoms with E-state index in [0.717, 1.165) is 10.6 Å². The molecule has 0 spiro atoms. The van der Waals surface area contributed by atoms with Gasteiger partial charge in [-0.3, -0.25) is 9.78 Å². The SMILES string of the molecule is CCOc1ccc(Oc2ccccc2NC(=O)/C=C/c2cncs2)cc1. The Bertz CT molecular complexity index is 874. The summed E-state index contributed by atoms with van der Waals surface area (Å²) >= 11 is 1.47. The molecule has 3 aromatic rings. The fraction of sp³-hybridized carbons (Fsp3) is 0.100.